The maximum atomic E-state index is 10.0. The summed E-state index contributed by atoms with van der Waals surface area (Å²) in [5.74, 6) is 0.543. The van der Waals surface area contributed by atoms with Crippen molar-refractivity contribution in [1.82, 2.24) is 19.7 Å². The second-order valence-electron chi connectivity index (χ2n) is 7.85. The molecule has 0 spiro atoms. The van der Waals surface area contributed by atoms with E-state index in [1.165, 1.54) is 6.33 Å². The molecule has 5 aromatic rings. The summed E-state index contributed by atoms with van der Waals surface area (Å²) in [5.41, 5.74) is 4.74. The molecule has 1 unspecified atom stereocenters. The number of nitrogens with zero attached hydrogens (tertiary/aromatic N) is 4. The Morgan fingerprint density at radius 3 is 2.32 bits per heavy atom. The predicted octanol–water partition coefficient (Wildman–Crippen LogP) is 5.80. The number of anilines is 1. The SMILES string of the molecule is OCC(Cc1ccccc1)Nc1ncnc2c(-c3ccc(Cl)cc3)n(-c3ccccc3Cl)nc12. The Kier molecular flexibility index (Phi) is 6.45. The zero-order valence-electron chi connectivity index (χ0n) is 18.1. The first kappa shape index (κ1) is 22.3. The number of para-hydroxylation sites is 1. The van der Waals surface area contributed by atoms with Crippen molar-refractivity contribution < 1.29 is 5.11 Å². The molecule has 0 aliphatic heterocycles. The molecule has 170 valence electrons. The fraction of sp³-hybridized carbons (Fsp3) is 0.115. The van der Waals surface area contributed by atoms with E-state index in [0.717, 1.165) is 22.5 Å². The third kappa shape index (κ3) is 4.48. The van der Waals surface area contributed by atoms with Gasteiger partial charge in [-0.3, -0.25) is 0 Å². The van der Waals surface area contributed by atoms with Crippen molar-refractivity contribution in [3.8, 4) is 16.9 Å². The Bertz CT molecular complexity index is 1420. The summed E-state index contributed by atoms with van der Waals surface area (Å²) in [5, 5.41) is 19.5. The first-order valence-electron chi connectivity index (χ1n) is 10.8. The van der Waals surface area contributed by atoms with Gasteiger partial charge in [-0.05, 0) is 36.2 Å². The van der Waals surface area contributed by atoms with Crippen LogP contribution in [0.25, 0.3) is 28.0 Å². The average molecular weight is 490 g/mol. The number of hydrogen-bond acceptors (Lipinski definition) is 5. The summed E-state index contributed by atoms with van der Waals surface area (Å²) in [6.45, 7) is -0.0599. The van der Waals surface area contributed by atoms with Crippen molar-refractivity contribution >= 4 is 40.1 Å². The van der Waals surface area contributed by atoms with E-state index >= 15 is 0 Å². The molecule has 5 rings (SSSR count). The molecule has 3 aromatic carbocycles. The van der Waals surface area contributed by atoms with Crippen LogP contribution in [0.4, 0.5) is 5.82 Å². The highest BCUT2D eigenvalue weighted by Crippen LogP contribution is 2.34. The lowest BCUT2D eigenvalue weighted by Gasteiger charge is -2.17. The largest absolute Gasteiger partial charge is 0.394 e. The second kappa shape index (κ2) is 9.81. The monoisotopic (exact) mass is 489 g/mol. The fourth-order valence-corrected chi connectivity index (χ4v) is 4.26. The molecule has 6 nitrogen and oxygen atoms in total. The van der Waals surface area contributed by atoms with Gasteiger partial charge in [-0.25, -0.2) is 14.6 Å². The standard InChI is InChI=1S/C26H21Cl2N5O/c27-19-12-10-18(11-13-19)25-23-24(32-33(25)22-9-5-4-8-21(22)28)26(30-16-29-23)31-20(15-34)14-17-6-2-1-3-7-17/h1-13,16,20,34H,14-15H2,(H,29,30,31). The Labute approximate surface area is 206 Å². The molecule has 2 aromatic heterocycles. The maximum absolute atomic E-state index is 10.0. The van der Waals surface area contributed by atoms with Gasteiger partial charge in [0, 0.05) is 10.6 Å². The van der Waals surface area contributed by atoms with E-state index in [2.05, 4.69) is 15.3 Å². The highest BCUT2D eigenvalue weighted by molar-refractivity contribution is 6.32. The molecule has 1 atom stereocenters. The molecular formula is C26H21Cl2N5O. The van der Waals surface area contributed by atoms with E-state index in [1.807, 2.05) is 78.9 Å². The van der Waals surface area contributed by atoms with Crippen molar-refractivity contribution in [2.24, 2.45) is 0 Å². The van der Waals surface area contributed by atoms with Crippen molar-refractivity contribution in [2.45, 2.75) is 12.5 Å². The minimum atomic E-state index is -0.245. The van der Waals surface area contributed by atoms with Gasteiger partial charge < -0.3 is 10.4 Å². The maximum Gasteiger partial charge on any atom is 0.158 e. The molecule has 0 bridgehead atoms. The molecule has 0 saturated heterocycles. The second-order valence-corrected chi connectivity index (χ2v) is 8.70. The van der Waals surface area contributed by atoms with Gasteiger partial charge >= 0.3 is 0 Å². The molecule has 0 aliphatic rings. The van der Waals surface area contributed by atoms with E-state index < -0.39 is 0 Å². The third-order valence-electron chi connectivity index (χ3n) is 5.54. The molecule has 8 heteroatoms. The van der Waals surface area contributed by atoms with Crippen molar-refractivity contribution in [2.75, 3.05) is 11.9 Å². The first-order valence-corrected chi connectivity index (χ1v) is 11.6. The molecule has 34 heavy (non-hydrogen) atoms. The van der Waals surface area contributed by atoms with Crippen LogP contribution in [-0.4, -0.2) is 37.5 Å². The van der Waals surface area contributed by atoms with Crippen molar-refractivity contribution in [3.63, 3.8) is 0 Å². The summed E-state index contributed by atoms with van der Waals surface area (Å²) >= 11 is 12.7. The van der Waals surface area contributed by atoms with Crippen LogP contribution in [0.3, 0.4) is 0 Å². The number of halogens is 2. The van der Waals surface area contributed by atoms with Gasteiger partial charge in [0.05, 0.1) is 23.4 Å². The molecule has 2 N–H and O–H groups in total. The van der Waals surface area contributed by atoms with Gasteiger partial charge in [-0.15, -0.1) is 0 Å². The lowest BCUT2D eigenvalue weighted by molar-refractivity contribution is 0.273. The Balaban J connectivity index is 1.63. The van der Waals surface area contributed by atoms with E-state index in [0.29, 0.717) is 33.3 Å². The molecule has 2 heterocycles. The Morgan fingerprint density at radius 1 is 0.853 bits per heavy atom. The first-order chi connectivity index (χ1) is 16.6. The summed E-state index contributed by atoms with van der Waals surface area (Å²) in [6, 6.07) is 24.8. The van der Waals surface area contributed by atoms with Gasteiger partial charge in [-0.1, -0.05) is 77.8 Å². The third-order valence-corrected chi connectivity index (χ3v) is 6.11. The topological polar surface area (TPSA) is 75.9 Å². The number of fused-ring (bicyclic) bond motifs is 1. The van der Waals surface area contributed by atoms with Gasteiger partial charge in [0.1, 0.15) is 17.5 Å². The van der Waals surface area contributed by atoms with Crippen LogP contribution >= 0.6 is 23.2 Å². The predicted molar refractivity (Wildman–Crippen MR) is 137 cm³/mol. The average Bonchev–Trinajstić information content (AvgIpc) is 3.25. The van der Waals surface area contributed by atoms with Crippen LogP contribution in [-0.2, 0) is 6.42 Å². The van der Waals surface area contributed by atoms with Gasteiger partial charge in [0.2, 0.25) is 0 Å². The number of rotatable bonds is 7. The molecule has 0 aliphatic carbocycles. The molecule has 0 saturated carbocycles. The Hall–Kier alpha value is -3.45. The smallest absolute Gasteiger partial charge is 0.158 e. The lowest BCUT2D eigenvalue weighted by Crippen LogP contribution is -2.27. The van der Waals surface area contributed by atoms with E-state index in [1.54, 1.807) is 4.68 Å². The summed E-state index contributed by atoms with van der Waals surface area (Å²) < 4.78 is 1.78. The van der Waals surface area contributed by atoms with Crippen LogP contribution in [0.15, 0.2) is 85.2 Å². The number of aromatic nitrogens is 4. The fourth-order valence-electron chi connectivity index (χ4n) is 3.92. The number of hydrogen-bond donors (Lipinski definition) is 2. The highest BCUT2D eigenvalue weighted by Gasteiger charge is 2.21. The van der Waals surface area contributed by atoms with Crippen LogP contribution in [0.2, 0.25) is 10.0 Å². The minimum absolute atomic E-state index is 0.0599. The number of aliphatic hydroxyl groups is 1. The normalized spacial score (nSPS) is 12.1. The van der Waals surface area contributed by atoms with Crippen LogP contribution < -0.4 is 5.32 Å². The highest BCUT2D eigenvalue weighted by atomic mass is 35.5. The Morgan fingerprint density at radius 2 is 1.59 bits per heavy atom. The van der Waals surface area contributed by atoms with Gasteiger partial charge in [-0.2, -0.15) is 5.10 Å². The van der Waals surface area contributed by atoms with E-state index in [9.17, 15) is 5.11 Å². The van der Waals surface area contributed by atoms with E-state index in [4.69, 9.17) is 28.3 Å². The summed E-state index contributed by atoms with van der Waals surface area (Å²) in [6.07, 6.45) is 2.14. The van der Waals surface area contributed by atoms with Gasteiger partial charge in [0.25, 0.3) is 0 Å². The van der Waals surface area contributed by atoms with Gasteiger partial charge in [0.15, 0.2) is 11.3 Å². The minimum Gasteiger partial charge on any atom is -0.394 e. The summed E-state index contributed by atoms with van der Waals surface area (Å²) in [4.78, 5) is 9.01. The quantitative estimate of drug-likeness (QED) is 0.301. The molecule has 0 radical (unpaired) electrons. The van der Waals surface area contributed by atoms with Crippen molar-refractivity contribution in [3.05, 3.63) is 101 Å². The van der Waals surface area contributed by atoms with Crippen LogP contribution in [0.5, 0.6) is 0 Å². The number of nitrogens with one attached hydrogen (secondary N) is 1. The lowest BCUT2D eigenvalue weighted by atomic mass is 10.1. The number of benzene rings is 3. The molecule has 0 fully saturated rings. The van der Waals surface area contributed by atoms with E-state index in [-0.39, 0.29) is 12.6 Å². The number of aliphatic hydroxyl groups excluding tert-OH is 1. The molecule has 0 amide bonds. The molecular weight excluding hydrogens is 469 g/mol. The van der Waals surface area contributed by atoms with Crippen LogP contribution in [0.1, 0.15) is 5.56 Å². The van der Waals surface area contributed by atoms with Crippen molar-refractivity contribution in [1.29, 1.82) is 0 Å². The zero-order chi connectivity index (χ0) is 23.5. The zero-order valence-corrected chi connectivity index (χ0v) is 19.6. The summed E-state index contributed by atoms with van der Waals surface area (Å²) in [7, 11) is 0. The van der Waals surface area contributed by atoms with Crippen LogP contribution in [0, 0.1) is 0 Å².